The largest absolute Gasteiger partial charge is 0.467 e. The Morgan fingerprint density at radius 2 is 2.55 bits per heavy atom. The number of ether oxygens (including phenoxy) is 1. The van der Waals surface area contributed by atoms with E-state index in [2.05, 4.69) is 15.5 Å². The number of nitrogens with one attached hydrogen (secondary N) is 2. The van der Waals surface area contributed by atoms with Crippen LogP contribution >= 0.6 is 0 Å². The molecule has 0 aromatic carbocycles. The molecule has 0 saturated carbocycles. The monoisotopic (exact) mass is 275 g/mol. The zero-order valence-electron chi connectivity index (χ0n) is 11.1. The lowest BCUT2D eigenvalue weighted by Crippen LogP contribution is -2.28. The van der Waals surface area contributed by atoms with Crippen LogP contribution in [-0.4, -0.2) is 22.7 Å². The Kier molecular flexibility index (Phi) is 3.83. The molecule has 1 atom stereocenters. The van der Waals surface area contributed by atoms with E-state index in [0.717, 1.165) is 30.7 Å². The van der Waals surface area contributed by atoms with Gasteiger partial charge in [-0.25, -0.2) is 0 Å². The number of carbonyl (C=O) groups is 1. The van der Waals surface area contributed by atoms with E-state index in [1.54, 1.807) is 12.3 Å². The Morgan fingerprint density at radius 1 is 1.60 bits per heavy atom. The Hall–Kier alpha value is -2.08. The van der Waals surface area contributed by atoms with Crippen LogP contribution in [-0.2, 0) is 22.5 Å². The molecule has 0 saturated heterocycles. The third kappa shape index (κ3) is 2.91. The molecule has 2 heterocycles. The number of aryl methyl sites for hydroxylation is 1. The standard InChI is InChI=1S/C14H17N3O3/c18-13(15-8-11-4-2-6-19-11)9-20-12-5-1-3-10-7-16-17-14(10)12/h2,4,6-7,12H,1,3,5,8-9H2,(H,15,18)(H,16,17). The highest BCUT2D eigenvalue weighted by atomic mass is 16.5. The zero-order valence-corrected chi connectivity index (χ0v) is 11.1. The van der Waals surface area contributed by atoms with Crippen LogP contribution in [0.15, 0.2) is 29.0 Å². The van der Waals surface area contributed by atoms with Crippen LogP contribution in [0, 0.1) is 0 Å². The number of rotatable bonds is 5. The maximum absolute atomic E-state index is 11.7. The van der Waals surface area contributed by atoms with Crippen molar-refractivity contribution in [2.45, 2.75) is 31.9 Å². The fourth-order valence-electron chi connectivity index (χ4n) is 2.41. The first kappa shape index (κ1) is 12.9. The Balaban J connectivity index is 1.47. The number of amides is 1. The molecule has 0 bridgehead atoms. The summed E-state index contributed by atoms with van der Waals surface area (Å²) in [7, 11) is 0. The molecule has 3 rings (SSSR count). The number of hydrogen-bond donors (Lipinski definition) is 2. The summed E-state index contributed by atoms with van der Waals surface area (Å²) in [6, 6.07) is 3.61. The van der Waals surface area contributed by atoms with Crippen molar-refractivity contribution in [3.8, 4) is 0 Å². The van der Waals surface area contributed by atoms with Gasteiger partial charge in [0.25, 0.3) is 0 Å². The van der Waals surface area contributed by atoms with Gasteiger partial charge >= 0.3 is 0 Å². The van der Waals surface area contributed by atoms with Gasteiger partial charge in [-0.1, -0.05) is 0 Å². The Morgan fingerprint density at radius 3 is 3.40 bits per heavy atom. The average molecular weight is 275 g/mol. The second-order valence-electron chi connectivity index (χ2n) is 4.86. The van der Waals surface area contributed by atoms with E-state index >= 15 is 0 Å². The van der Waals surface area contributed by atoms with Crippen LogP contribution in [0.4, 0.5) is 0 Å². The zero-order chi connectivity index (χ0) is 13.8. The van der Waals surface area contributed by atoms with E-state index in [-0.39, 0.29) is 18.6 Å². The first-order chi connectivity index (χ1) is 9.83. The van der Waals surface area contributed by atoms with Gasteiger partial charge < -0.3 is 14.5 Å². The summed E-state index contributed by atoms with van der Waals surface area (Å²) in [4.78, 5) is 11.7. The van der Waals surface area contributed by atoms with Crippen LogP contribution in [0.1, 0.15) is 36.0 Å². The molecule has 1 aliphatic rings. The van der Waals surface area contributed by atoms with E-state index in [1.165, 1.54) is 5.56 Å². The van der Waals surface area contributed by atoms with Gasteiger partial charge in [0, 0.05) is 0 Å². The van der Waals surface area contributed by atoms with Crippen molar-refractivity contribution in [1.82, 2.24) is 15.5 Å². The summed E-state index contributed by atoms with van der Waals surface area (Å²) in [6.45, 7) is 0.430. The molecule has 6 heteroatoms. The summed E-state index contributed by atoms with van der Waals surface area (Å²) in [5.41, 5.74) is 2.20. The number of H-pyrrole nitrogens is 1. The summed E-state index contributed by atoms with van der Waals surface area (Å²) in [5, 5.41) is 9.76. The minimum Gasteiger partial charge on any atom is -0.467 e. The van der Waals surface area contributed by atoms with Gasteiger partial charge in [-0.05, 0) is 37.0 Å². The predicted octanol–water partition coefficient (Wildman–Crippen LogP) is 1.71. The third-order valence-corrected chi connectivity index (χ3v) is 3.44. The van der Waals surface area contributed by atoms with E-state index in [1.807, 2.05) is 12.3 Å². The fourth-order valence-corrected chi connectivity index (χ4v) is 2.41. The van der Waals surface area contributed by atoms with E-state index in [4.69, 9.17) is 9.15 Å². The molecule has 0 radical (unpaired) electrons. The SMILES string of the molecule is O=C(COC1CCCc2cn[nH]c21)NCc1ccco1. The minimum atomic E-state index is -0.145. The summed E-state index contributed by atoms with van der Waals surface area (Å²) < 4.78 is 10.8. The van der Waals surface area contributed by atoms with Gasteiger partial charge in [0.1, 0.15) is 12.4 Å². The van der Waals surface area contributed by atoms with E-state index in [0.29, 0.717) is 6.54 Å². The van der Waals surface area contributed by atoms with E-state index < -0.39 is 0 Å². The first-order valence-corrected chi connectivity index (χ1v) is 6.76. The molecule has 1 aliphatic carbocycles. The topological polar surface area (TPSA) is 80.1 Å². The second kappa shape index (κ2) is 5.92. The number of aromatic amines is 1. The second-order valence-corrected chi connectivity index (χ2v) is 4.86. The summed E-state index contributed by atoms with van der Waals surface area (Å²) in [6.07, 6.45) is 6.36. The summed E-state index contributed by atoms with van der Waals surface area (Å²) >= 11 is 0. The molecule has 20 heavy (non-hydrogen) atoms. The van der Waals surface area contributed by atoms with Gasteiger partial charge in [0.15, 0.2) is 0 Å². The van der Waals surface area contributed by atoms with Crippen LogP contribution in [0.5, 0.6) is 0 Å². The molecule has 2 aromatic heterocycles. The van der Waals surface area contributed by atoms with Gasteiger partial charge in [0.05, 0.1) is 30.8 Å². The molecule has 106 valence electrons. The van der Waals surface area contributed by atoms with Crippen LogP contribution < -0.4 is 5.32 Å². The molecule has 2 N–H and O–H groups in total. The molecule has 0 spiro atoms. The van der Waals surface area contributed by atoms with Gasteiger partial charge in [-0.2, -0.15) is 5.10 Å². The highest BCUT2D eigenvalue weighted by molar-refractivity contribution is 5.77. The van der Waals surface area contributed by atoms with Gasteiger partial charge in [0.2, 0.25) is 5.91 Å². The van der Waals surface area contributed by atoms with Crippen molar-refractivity contribution in [3.63, 3.8) is 0 Å². The number of aromatic nitrogens is 2. The molecular weight excluding hydrogens is 258 g/mol. The first-order valence-electron chi connectivity index (χ1n) is 6.76. The normalized spacial score (nSPS) is 17.7. The third-order valence-electron chi connectivity index (χ3n) is 3.44. The molecule has 1 unspecified atom stereocenters. The highest BCUT2D eigenvalue weighted by Gasteiger charge is 2.23. The smallest absolute Gasteiger partial charge is 0.246 e. The Labute approximate surface area is 116 Å². The molecule has 0 fully saturated rings. The maximum atomic E-state index is 11.7. The number of furan rings is 1. The van der Waals surface area contributed by atoms with Crippen molar-refractivity contribution in [2.24, 2.45) is 0 Å². The van der Waals surface area contributed by atoms with Crippen molar-refractivity contribution < 1.29 is 13.9 Å². The van der Waals surface area contributed by atoms with Crippen molar-refractivity contribution in [3.05, 3.63) is 41.6 Å². The predicted molar refractivity (Wildman–Crippen MR) is 70.8 cm³/mol. The molecule has 1 amide bonds. The molecule has 6 nitrogen and oxygen atoms in total. The van der Waals surface area contributed by atoms with Crippen molar-refractivity contribution in [2.75, 3.05) is 6.61 Å². The lowest BCUT2D eigenvalue weighted by molar-refractivity contribution is -0.128. The lowest BCUT2D eigenvalue weighted by Gasteiger charge is -2.21. The quantitative estimate of drug-likeness (QED) is 0.870. The van der Waals surface area contributed by atoms with Gasteiger partial charge in [-0.15, -0.1) is 0 Å². The number of nitrogens with zero attached hydrogens (tertiary/aromatic N) is 1. The van der Waals surface area contributed by atoms with Crippen molar-refractivity contribution >= 4 is 5.91 Å². The maximum Gasteiger partial charge on any atom is 0.246 e. The van der Waals surface area contributed by atoms with E-state index in [9.17, 15) is 4.79 Å². The average Bonchev–Trinajstić information content (AvgIpc) is 3.13. The molecular formula is C14H17N3O3. The molecule has 2 aromatic rings. The number of carbonyl (C=O) groups excluding carboxylic acids is 1. The van der Waals surface area contributed by atoms with Crippen LogP contribution in [0.2, 0.25) is 0 Å². The molecule has 0 aliphatic heterocycles. The van der Waals surface area contributed by atoms with Crippen LogP contribution in [0.3, 0.4) is 0 Å². The number of fused-ring (bicyclic) bond motifs is 1. The highest BCUT2D eigenvalue weighted by Crippen LogP contribution is 2.30. The lowest BCUT2D eigenvalue weighted by atomic mass is 9.96. The fraction of sp³-hybridized carbons (Fsp3) is 0.429. The minimum absolute atomic E-state index is 0.0455. The Bertz CT molecular complexity index is 562. The van der Waals surface area contributed by atoms with Crippen LogP contribution in [0.25, 0.3) is 0 Å². The number of hydrogen-bond acceptors (Lipinski definition) is 4. The van der Waals surface area contributed by atoms with Crippen molar-refractivity contribution in [1.29, 1.82) is 0 Å². The summed E-state index contributed by atoms with van der Waals surface area (Å²) in [5.74, 6) is 0.583. The van der Waals surface area contributed by atoms with Gasteiger partial charge in [-0.3, -0.25) is 9.89 Å².